The largest absolute Gasteiger partial charge is 0.417 e. The summed E-state index contributed by atoms with van der Waals surface area (Å²) in [5.41, 5.74) is -0.589. The minimum absolute atomic E-state index is 0.172. The summed E-state index contributed by atoms with van der Waals surface area (Å²) >= 11 is 6.01. The van der Waals surface area contributed by atoms with E-state index in [0.29, 0.717) is 5.92 Å². The molecule has 1 N–H and O–H groups in total. The molecule has 4 nitrogen and oxygen atoms in total. The quantitative estimate of drug-likeness (QED) is 0.723. The van der Waals surface area contributed by atoms with E-state index in [9.17, 15) is 18.0 Å². The van der Waals surface area contributed by atoms with Gasteiger partial charge >= 0.3 is 6.18 Å². The first-order chi connectivity index (χ1) is 14.2. The fourth-order valence-electron chi connectivity index (χ4n) is 5.04. The Kier molecular flexibility index (Phi) is 5.53. The molecule has 1 unspecified atom stereocenters. The SMILES string of the molecule is CN1CC2CCC1(C(NC(=O)c1cccc(C(F)(F)F)c1Cl)c1ccncc1)CC2. The van der Waals surface area contributed by atoms with Crippen molar-refractivity contribution in [1.82, 2.24) is 15.2 Å². The highest BCUT2D eigenvalue weighted by Gasteiger charge is 2.50. The number of nitrogens with zero attached hydrogens (tertiary/aromatic N) is 2. The molecule has 1 aromatic heterocycles. The van der Waals surface area contributed by atoms with Gasteiger partial charge in [-0.3, -0.25) is 14.7 Å². The van der Waals surface area contributed by atoms with Gasteiger partial charge in [0.2, 0.25) is 0 Å². The Morgan fingerprint density at radius 1 is 1.23 bits per heavy atom. The number of fused-ring (bicyclic) bond motifs is 3. The normalized spacial score (nSPS) is 25.2. The van der Waals surface area contributed by atoms with Gasteiger partial charge in [-0.1, -0.05) is 17.7 Å². The highest BCUT2D eigenvalue weighted by Crippen LogP contribution is 2.49. The van der Waals surface area contributed by atoms with Crippen molar-refractivity contribution in [2.24, 2.45) is 5.92 Å². The maximum atomic E-state index is 13.3. The monoisotopic (exact) mass is 437 g/mol. The number of benzene rings is 1. The average molecular weight is 438 g/mol. The van der Waals surface area contributed by atoms with Crippen LogP contribution in [0.2, 0.25) is 5.02 Å². The van der Waals surface area contributed by atoms with Crippen molar-refractivity contribution >= 4 is 17.5 Å². The molecule has 3 heterocycles. The molecular weight excluding hydrogens is 415 g/mol. The van der Waals surface area contributed by atoms with Crippen LogP contribution in [-0.2, 0) is 6.18 Å². The number of alkyl halides is 3. The molecule has 2 saturated heterocycles. The number of likely N-dealkylation sites (N-methyl/N-ethyl adjacent to an activating group) is 1. The average Bonchev–Trinajstić information content (AvgIpc) is 2.72. The highest BCUT2D eigenvalue weighted by molar-refractivity contribution is 6.34. The van der Waals surface area contributed by atoms with Crippen LogP contribution in [0.15, 0.2) is 42.7 Å². The summed E-state index contributed by atoms with van der Waals surface area (Å²) in [6.45, 7) is 0.946. The molecule has 1 aromatic carbocycles. The summed E-state index contributed by atoms with van der Waals surface area (Å²) in [6.07, 6.45) is 2.68. The van der Waals surface area contributed by atoms with E-state index in [-0.39, 0.29) is 17.1 Å². The number of halogens is 4. The molecular formula is C22H23ClF3N3O. The molecule has 1 aliphatic carbocycles. The van der Waals surface area contributed by atoms with Gasteiger partial charge in [0.25, 0.3) is 5.91 Å². The summed E-state index contributed by atoms with van der Waals surface area (Å²) < 4.78 is 39.8. The number of rotatable bonds is 4. The summed E-state index contributed by atoms with van der Waals surface area (Å²) in [4.78, 5) is 19.5. The minimum Gasteiger partial charge on any atom is -0.343 e. The van der Waals surface area contributed by atoms with Crippen molar-refractivity contribution in [3.05, 3.63) is 64.4 Å². The lowest BCUT2D eigenvalue weighted by molar-refractivity contribution is -0.137. The number of carbonyl (C=O) groups excluding carboxylic acids is 1. The summed E-state index contributed by atoms with van der Waals surface area (Å²) in [7, 11) is 2.06. The first-order valence-electron chi connectivity index (χ1n) is 10.00. The lowest BCUT2D eigenvalue weighted by Gasteiger charge is -2.57. The molecule has 0 spiro atoms. The summed E-state index contributed by atoms with van der Waals surface area (Å²) in [5, 5.41) is 2.45. The fraction of sp³-hybridized carbons (Fsp3) is 0.455. The third-order valence-electron chi connectivity index (χ3n) is 6.66. The first kappa shape index (κ1) is 21.1. The van der Waals surface area contributed by atoms with Crippen molar-refractivity contribution in [3.63, 3.8) is 0 Å². The third kappa shape index (κ3) is 3.69. The number of carbonyl (C=O) groups is 1. The number of piperidine rings is 2. The van der Waals surface area contributed by atoms with Crippen LogP contribution in [0.3, 0.4) is 0 Å². The number of hydrogen-bond acceptors (Lipinski definition) is 3. The molecule has 2 bridgehead atoms. The highest BCUT2D eigenvalue weighted by atomic mass is 35.5. The Balaban J connectivity index is 1.71. The van der Waals surface area contributed by atoms with E-state index >= 15 is 0 Å². The maximum absolute atomic E-state index is 13.3. The van der Waals surface area contributed by atoms with Crippen molar-refractivity contribution in [1.29, 1.82) is 0 Å². The number of hydrogen-bond donors (Lipinski definition) is 1. The standard InChI is InChI=1S/C22H23ClF3N3O/c1-29-13-14-5-9-21(29,10-6-14)19(15-7-11-27-12-8-15)28-20(30)16-3-2-4-17(18(16)23)22(24,25)26/h2-4,7-8,11-12,14,19H,5-6,9-10,13H2,1H3,(H,28,30). The zero-order valence-electron chi connectivity index (χ0n) is 16.5. The second-order valence-corrected chi connectivity index (χ2v) is 8.66. The third-order valence-corrected chi connectivity index (χ3v) is 7.07. The van der Waals surface area contributed by atoms with Crippen LogP contribution in [0.5, 0.6) is 0 Å². The molecule has 2 aliphatic heterocycles. The van der Waals surface area contributed by atoms with Crippen LogP contribution in [0.4, 0.5) is 13.2 Å². The molecule has 160 valence electrons. The maximum Gasteiger partial charge on any atom is 0.417 e. The first-order valence-corrected chi connectivity index (χ1v) is 10.4. The van der Waals surface area contributed by atoms with Gasteiger partial charge < -0.3 is 5.32 Å². The Bertz CT molecular complexity index is 927. The second-order valence-electron chi connectivity index (χ2n) is 8.28. The van der Waals surface area contributed by atoms with Crippen LogP contribution >= 0.6 is 11.6 Å². The molecule has 3 aliphatic rings. The van der Waals surface area contributed by atoms with E-state index in [4.69, 9.17) is 11.6 Å². The van der Waals surface area contributed by atoms with Crippen molar-refractivity contribution in [3.8, 4) is 0 Å². The summed E-state index contributed by atoms with van der Waals surface area (Å²) in [5.74, 6) is 0.0481. The number of nitrogens with one attached hydrogen (secondary N) is 1. The van der Waals surface area contributed by atoms with Crippen LogP contribution in [0, 0.1) is 5.92 Å². The number of amides is 1. The van der Waals surface area contributed by atoms with Gasteiger partial charge in [-0.25, -0.2) is 0 Å². The molecule has 0 radical (unpaired) electrons. The van der Waals surface area contributed by atoms with Gasteiger partial charge in [0, 0.05) is 24.5 Å². The summed E-state index contributed by atoms with van der Waals surface area (Å²) in [6, 6.07) is 6.74. The van der Waals surface area contributed by atoms with Crippen molar-refractivity contribution in [2.75, 3.05) is 13.6 Å². The molecule has 3 fully saturated rings. The molecule has 2 aromatic rings. The van der Waals surface area contributed by atoms with Gasteiger partial charge in [0.15, 0.2) is 0 Å². The second kappa shape index (κ2) is 7.85. The molecule has 30 heavy (non-hydrogen) atoms. The van der Waals surface area contributed by atoms with E-state index < -0.39 is 22.7 Å². The Hall–Kier alpha value is -2.12. The van der Waals surface area contributed by atoms with Gasteiger partial charge in [-0.2, -0.15) is 13.2 Å². The lowest BCUT2D eigenvalue weighted by atomic mass is 9.66. The van der Waals surface area contributed by atoms with Crippen LogP contribution in [0.25, 0.3) is 0 Å². The van der Waals surface area contributed by atoms with E-state index in [1.165, 1.54) is 12.1 Å². The molecule has 5 rings (SSSR count). The number of aromatic nitrogens is 1. The van der Waals surface area contributed by atoms with Crippen molar-refractivity contribution in [2.45, 2.75) is 43.4 Å². The lowest BCUT2D eigenvalue weighted by Crippen LogP contribution is -2.62. The fourth-order valence-corrected chi connectivity index (χ4v) is 5.36. The molecule has 8 heteroatoms. The predicted octanol–water partition coefficient (Wildman–Crippen LogP) is 5.10. The van der Waals surface area contributed by atoms with Gasteiger partial charge in [0.05, 0.1) is 22.2 Å². The minimum atomic E-state index is -4.63. The zero-order valence-corrected chi connectivity index (χ0v) is 17.3. The molecule has 1 atom stereocenters. The van der Waals surface area contributed by atoms with Crippen molar-refractivity contribution < 1.29 is 18.0 Å². The molecule has 1 saturated carbocycles. The van der Waals surface area contributed by atoms with Crippen LogP contribution < -0.4 is 5.32 Å². The zero-order chi connectivity index (χ0) is 21.5. The van der Waals surface area contributed by atoms with Gasteiger partial charge in [-0.15, -0.1) is 0 Å². The Morgan fingerprint density at radius 3 is 2.50 bits per heavy atom. The smallest absolute Gasteiger partial charge is 0.343 e. The van der Waals surface area contributed by atoms with Gasteiger partial charge in [-0.05, 0) is 68.5 Å². The predicted molar refractivity (Wildman–Crippen MR) is 108 cm³/mol. The van der Waals surface area contributed by atoms with E-state index in [1.807, 2.05) is 12.1 Å². The Morgan fingerprint density at radius 2 is 1.90 bits per heavy atom. The van der Waals surface area contributed by atoms with E-state index in [2.05, 4.69) is 22.2 Å². The molecule has 1 amide bonds. The number of pyridine rings is 1. The van der Waals surface area contributed by atoms with E-state index in [1.54, 1.807) is 12.4 Å². The Labute approximate surface area is 178 Å². The topological polar surface area (TPSA) is 45.2 Å². The van der Waals surface area contributed by atoms with E-state index in [0.717, 1.165) is 43.9 Å². The van der Waals surface area contributed by atoms with Gasteiger partial charge in [0.1, 0.15) is 0 Å². The van der Waals surface area contributed by atoms with Crippen LogP contribution in [-0.4, -0.2) is 34.9 Å². The van der Waals surface area contributed by atoms with Crippen LogP contribution in [0.1, 0.15) is 53.2 Å².